The Bertz CT molecular complexity index is 349. The van der Waals surface area contributed by atoms with Crippen molar-refractivity contribution in [3.8, 4) is 0 Å². The zero-order valence-electron chi connectivity index (χ0n) is 11.4. The van der Waals surface area contributed by atoms with E-state index >= 15 is 0 Å². The van der Waals surface area contributed by atoms with Crippen molar-refractivity contribution < 1.29 is 48.4 Å². The Morgan fingerprint density at radius 3 is 1.27 bits per heavy atom. The monoisotopic (exact) mass is 393 g/mol. The first-order chi connectivity index (χ1) is 8.04. The zero-order chi connectivity index (χ0) is 16.4. The van der Waals surface area contributed by atoms with E-state index in [0.717, 1.165) is 4.90 Å². The second-order valence-corrected chi connectivity index (χ2v) is 4.32. The van der Waals surface area contributed by atoms with Gasteiger partial charge in [0.2, 0.25) is 0 Å². The molecule has 0 aliphatic carbocycles. The summed E-state index contributed by atoms with van der Waals surface area (Å²) in [5.74, 6) is -1.23. The molecule has 0 saturated heterocycles. The van der Waals surface area contributed by atoms with Gasteiger partial charge in [0.25, 0.3) is 0 Å². The standard InChI is InChI=1S/C4H9N3O2.3Mg.2H3O4P/c1-7(4(5)6)2-3(8)9;;;;2*1-5(2,3)4/h2H2,1H3,(H3,5,6)(H,8,9);;;;2*(H3,1,2,3,4)/q;3*+2;;/p-6. The number of carboxylic acids is 1. The van der Waals surface area contributed by atoms with Crippen molar-refractivity contribution in [3.05, 3.63) is 0 Å². The molecular weight excluding hydrogens is 385 g/mol. The molecule has 0 heterocycles. The van der Waals surface area contributed by atoms with Gasteiger partial charge in [0.1, 0.15) is 6.54 Å². The molecule has 0 atom stereocenters. The van der Waals surface area contributed by atoms with Crippen molar-refractivity contribution >= 4 is 96.7 Å². The van der Waals surface area contributed by atoms with E-state index in [1.807, 2.05) is 0 Å². The molecule has 0 radical (unpaired) electrons. The third-order valence-corrected chi connectivity index (χ3v) is 0.784. The maximum Gasteiger partial charge on any atom is 2.00 e. The van der Waals surface area contributed by atoms with Crippen LogP contribution in [-0.4, -0.2) is 105 Å². The van der Waals surface area contributed by atoms with Crippen LogP contribution in [0.3, 0.4) is 0 Å². The van der Waals surface area contributed by atoms with Crippen molar-refractivity contribution in [2.45, 2.75) is 0 Å². The van der Waals surface area contributed by atoms with E-state index < -0.39 is 21.6 Å². The summed E-state index contributed by atoms with van der Waals surface area (Å²) in [7, 11) is -9.34. The summed E-state index contributed by atoms with van der Waals surface area (Å²) in [5, 5.41) is 14.9. The van der Waals surface area contributed by atoms with Gasteiger partial charge in [0.05, 0.1) is 0 Å². The summed E-state index contributed by atoms with van der Waals surface area (Å²) in [6.45, 7) is -0.227. The number of guanidine groups is 1. The van der Waals surface area contributed by atoms with E-state index in [4.69, 9.17) is 54.7 Å². The van der Waals surface area contributed by atoms with Crippen LogP contribution in [0.5, 0.6) is 0 Å². The van der Waals surface area contributed by atoms with E-state index in [9.17, 15) is 4.79 Å². The number of likely N-dealkylation sites (N-methyl/N-ethyl adjacent to an activating group) is 1. The van der Waals surface area contributed by atoms with E-state index in [-0.39, 0.29) is 81.7 Å². The molecule has 0 spiro atoms. The number of carbonyl (C=O) groups is 1. The topological polar surface area (TPSA) is 263 Å². The van der Waals surface area contributed by atoms with Crippen LogP contribution < -0.4 is 35.1 Å². The summed E-state index contributed by atoms with van der Waals surface area (Å²) in [4.78, 5) is 62.3. The average Bonchev–Trinajstić information content (AvgIpc) is 1.94. The summed E-state index contributed by atoms with van der Waals surface area (Å²) >= 11 is 0. The van der Waals surface area contributed by atoms with Crippen molar-refractivity contribution in [1.82, 2.24) is 4.90 Å². The maximum atomic E-state index is 9.92. The Balaban J connectivity index is -0.0000000434. The Hall–Kier alpha value is 1.26. The van der Waals surface area contributed by atoms with Crippen LogP contribution in [0.2, 0.25) is 0 Å². The normalized spacial score (nSPS) is 8.86. The molecule has 0 rings (SSSR count). The quantitative estimate of drug-likeness (QED) is 0.171. The molecule has 0 aromatic carbocycles. The first-order valence-electron chi connectivity index (χ1n) is 3.77. The number of nitrogens with one attached hydrogen (secondary N) is 1. The van der Waals surface area contributed by atoms with Crippen molar-refractivity contribution in [3.63, 3.8) is 0 Å². The smallest absolute Gasteiger partial charge is 0.822 e. The first kappa shape index (κ1) is 38.7. The van der Waals surface area contributed by atoms with Gasteiger partial charge in [-0.15, -0.1) is 0 Å². The van der Waals surface area contributed by atoms with E-state index in [1.54, 1.807) is 0 Å². The predicted molar refractivity (Wildman–Crippen MR) is 64.7 cm³/mol. The molecule has 0 aromatic heterocycles. The molecular formula is C4H9Mg3N3O10P2. The minimum Gasteiger partial charge on any atom is -0.822 e. The van der Waals surface area contributed by atoms with Crippen LogP contribution in [0, 0.1) is 5.41 Å². The van der Waals surface area contributed by atoms with E-state index in [1.165, 1.54) is 7.05 Å². The first-order valence-corrected chi connectivity index (χ1v) is 6.69. The molecule has 4 N–H and O–H groups in total. The molecule has 116 valence electrons. The summed E-state index contributed by atoms with van der Waals surface area (Å²) < 4.78 is 17.1. The van der Waals surface area contributed by atoms with Gasteiger partial charge in [-0.3, -0.25) is 10.2 Å². The van der Waals surface area contributed by atoms with Gasteiger partial charge in [0, 0.05) is 7.05 Å². The van der Waals surface area contributed by atoms with Gasteiger partial charge >= 0.3 is 75.1 Å². The minimum atomic E-state index is -5.39. The number of aliphatic carboxylic acids is 1. The molecule has 0 aromatic rings. The van der Waals surface area contributed by atoms with Gasteiger partial charge in [-0.2, -0.15) is 15.6 Å². The Morgan fingerprint density at radius 2 is 1.23 bits per heavy atom. The average molecular weight is 394 g/mol. The second-order valence-electron chi connectivity index (χ2n) is 2.53. The number of rotatable bonds is 2. The largest absolute Gasteiger partial charge is 2.00 e. The zero-order valence-corrected chi connectivity index (χ0v) is 17.4. The number of carboxylic acid groups (broad SMARTS) is 1. The van der Waals surface area contributed by atoms with Gasteiger partial charge in [-0.25, -0.2) is 0 Å². The van der Waals surface area contributed by atoms with Gasteiger partial charge in [-0.05, 0) is 0 Å². The summed E-state index contributed by atoms with van der Waals surface area (Å²) in [6.07, 6.45) is 0. The molecule has 22 heavy (non-hydrogen) atoms. The Labute approximate surface area is 173 Å². The van der Waals surface area contributed by atoms with Crippen LogP contribution in [0.25, 0.3) is 0 Å². The van der Waals surface area contributed by atoms with Crippen molar-refractivity contribution in [1.29, 1.82) is 5.41 Å². The molecule has 0 bridgehead atoms. The number of hydrogen-bond acceptors (Lipinski definition) is 10. The van der Waals surface area contributed by atoms with Crippen molar-refractivity contribution in [2.24, 2.45) is 5.73 Å². The number of nitrogens with zero attached hydrogens (tertiary/aromatic N) is 1. The number of nitrogens with two attached hydrogens (primary N) is 1. The molecule has 18 heteroatoms. The number of hydrogen-bond donors (Lipinski definition) is 3. The fourth-order valence-electron chi connectivity index (χ4n) is 0.288. The third kappa shape index (κ3) is 102. The Morgan fingerprint density at radius 1 is 1.05 bits per heavy atom. The maximum absolute atomic E-state index is 9.92. The van der Waals surface area contributed by atoms with E-state index in [0.29, 0.717) is 0 Å². The predicted octanol–water partition coefficient (Wildman–Crippen LogP) is -7.90. The van der Waals surface area contributed by atoms with Gasteiger partial charge < -0.3 is 54.2 Å². The molecule has 13 nitrogen and oxygen atoms in total. The molecule has 0 amide bonds. The van der Waals surface area contributed by atoms with Gasteiger partial charge in [-0.1, -0.05) is 0 Å². The van der Waals surface area contributed by atoms with Crippen LogP contribution in [-0.2, 0) is 13.9 Å². The molecule has 0 unspecified atom stereocenters. The Kier molecular flexibility index (Phi) is 32.7. The SMILES string of the molecule is CN(CC(=O)O)C(=N)N.O=P([O-])([O-])[O-].O=P([O-])([O-])[O-].[Mg+2].[Mg+2].[Mg+2]. The second kappa shape index (κ2) is 18.6. The van der Waals surface area contributed by atoms with Gasteiger partial charge in [0.15, 0.2) is 5.96 Å². The van der Waals surface area contributed by atoms with Crippen LogP contribution in [0.15, 0.2) is 0 Å². The third-order valence-electron chi connectivity index (χ3n) is 0.784. The number of phosphoric acid groups is 2. The summed E-state index contributed by atoms with van der Waals surface area (Å²) in [5.41, 5.74) is 4.93. The molecule has 0 aliphatic rings. The fraction of sp³-hybridized carbons (Fsp3) is 0.500. The molecule has 0 saturated carbocycles. The fourth-order valence-corrected chi connectivity index (χ4v) is 0.288. The minimum absolute atomic E-state index is 0. The molecule has 0 aliphatic heterocycles. The van der Waals surface area contributed by atoms with Crippen molar-refractivity contribution in [2.75, 3.05) is 13.6 Å². The van der Waals surface area contributed by atoms with E-state index in [2.05, 4.69) is 0 Å². The summed E-state index contributed by atoms with van der Waals surface area (Å²) in [6, 6.07) is 0. The van der Waals surface area contributed by atoms with Crippen LogP contribution in [0.4, 0.5) is 0 Å². The van der Waals surface area contributed by atoms with Crippen LogP contribution in [0.1, 0.15) is 0 Å². The molecule has 0 fully saturated rings. The van der Waals surface area contributed by atoms with Crippen LogP contribution >= 0.6 is 15.6 Å².